The van der Waals surface area contributed by atoms with Gasteiger partial charge in [0, 0.05) is 6.54 Å². The van der Waals surface area contributed by atoms with Crippen molar-refractivity contribution < 1.29 is 14.7 Å². The summed E-state index contributed by atoms with van der Waals surface area (Å²) in [6.07, 6.45) is 0.759. The first-order valence-electron chi connectivity index (χ1n) is 5.59. The SMILES string of the molecule is CCCN(CC(=O)O)C(=O)C(C)c1ccsc1. The molecule has 0 aliphatic heterocycles. The van der Waals surface area contributed by atoms with Gasteiger partial charge in [-0.1, -0.05) is 6.92 Å². The first kappa shape index (κ1) is 13.7. The summed E-state index contributed by atoms with van der Waals surface area (Å²) in [4.78, 5) is 24.2. The smallest absolute Gasteiger partial charge is 0.323 e. The van der Waals surface area contributed by atoms with E-state index < -0.39 is 5.97 Å². The third-order valence-electron chi connectivity index (χ3n) is 2.54. The number of nitrogens with zero attached hydrogens (tertiary/aromatic N) is 1. The molecule has 5 heteroatoms. The molecule has 0 saturated carbocycles. The molecule has 1 rings (SSSR count). The number of amides is 1. The van der Waals surface area contributed by atoms with Crippen molar-refractivity contribution in [2.75, 3.05) is 13.1 Å². The molecule has 17 heavy (non-hydrogen) atoms. The van der Waals surface area contributed by atoms with Crippen molar-refractivity contribution in [1.82, 2.24) is 4.90 Å². The molecule has 0 aromatic carbocycles. The van der Waals surface area contributed by atoms with Crippen molar-refractivity contribution in [1.29, 1.82) is 0 Å². The standard InChI is InChI=1S/C12H17NO3S/c1-3-5-13(7-11(14)15)12(16)9(2)10-4-6-17-8-10/h4,6,8-9H,3,5,7H2,1-2H3,(H,14,15). The van der Waals surface area contributed by atoms with Crippen LogP contribution in [0.1, 0.15) is 31.7 Å². The van der Waals surface area contributed by atoms with Crippen LogP contribution >= 0.6 is 11.3 Å². The number of carbonyl (C=O) groups is 2. The van der Waals surface area contributed by atoms with E-state index in [4.69, 9.17) is 5.11 Å². The number of aliphatic carboxylic acids is 1. The number of carboxylic acid groups (broad SMARTS) is 1. The highest BCUT2D eigenvalue weighted by molar-refractivity contribution is 7.08. The average molecular weight is 255 g/mol. The Kier molecular flexibility index (Phi) is 5.15. The van der Waals surface area contributed by atoms with Crippen molar-refractivity contribution in [2.45, 2.75) is 26.2 Å². The van der Waals surface area contributed by atoms with Gasteiger partial charge in [0.15, 0.2) is 0 Å². The van der Waals surface area contributed by atoms with Crippen molar-refractivity contribution in [3.05, 3.63) is 22.4 Å². The maximum atomic E-state index is 12.1. The van der Waals surface area contributed by atoms with Gasteiger partial charge in [0.2, 0.25) is 5.91 Å². The van der Waals surface area contributed by atoms with Crippen molar-refractivity contribution in [3.8, 4) is 0 Å². The van der Waals surface area contributed by atoms with Gasteiger partial charge in [-0.25, -0.2) is 0 Å². The molecule has 1 atom stereocenters. The summed E-state index contributed by atoms with van der Waals surface area (Å²) in [5.74, 6) is -1.36. The fourth-order valence-corrected chi connectivity index (χ4v) is 2.39. The monoisotopic (exact) mass is 255 g/mol. The topological polar surface area (TPSA) is 57.6 Å². The molecule has 1 N–H and O–H groups in total. The maximum absolute atomic E-state index is 12.1. The van der Waals surface area contributed by atoms with Crippen LogP contribution in [0.5, 0.6) is 0 Å². The fourth-order valence-electron chi connectivity index (χ4n) is 1.64. The molecular weight excluding hydrogens is 238 g/mol. The van der Waals surface area contributed by atoms with Gasteiger partial charge < -0.3 is 10.0 Å². The zero-order chi connectivity index (χ0) is 12.8. The Morgan fingerprint density at radius 1 is 1.53 bits per heavy atom. The lowest BCUT2D eigenvalue weighted by Crippen LogP contribution is -2.38. The normalized spacial score (nSPS) is 12.1. The van der Waals surface area contributed by atoms with Gasteiger partial charge in [-0.15, -0.1) is 0 Å². The molecular formula is C12H17NO3S. The fraction of sp³-hybridized carbons (Fsp3) is 0.500. The van der Waals surface area contributed by atoms with Gasteiger partial charge in [0.25, 0.3) is 0 Å². The Bertz CT molecular complexity index is 375. The predicted molar refractivity (Wildman–Crippen MR) is 67.2 cm³/mol. The van der Waals surface area contributed by atoms with Crippen molar-refractivity contribution in [3.63, 3.8) is 0 Å². The van der Waals surface area contributed by atoms with Gasteiger partial charge >= 0.3 is 5.97 Å². The zero-order valence-electron chi connectivity index (χ0n) is 10.0. The number of thiophene rings is 1. The Morgan fingerprint density at radius 3 is 2.71 bits per heavy atom. The highest BCUT2D eigenvalue weighted by Crippen LogP contribution is 2.20. The van der Waals surface area contributed by atoms with Gasteiger partial charge in [-0.05, 0) is 35.7 Å². The lowest BCUT2D eigenvalue weighted by atomic mass is 10.0. The van der Waals surface area contributed by atoms with Gasteiger partial charge in [0.1, 0.15) is 6.54 Å². The third-order valence-corrected chi connectivity index (χ3v) is 3.25. The molecule has 0 fully saturated rings. The molecule has 1 amide bonds. The van der Waals surface area contributed by atoms with E-state index in [0.29, 0.717) is 6.54 Å². The molecule has 1 heterocycles. The van der Waals surface area contributed by atoms with E-state index in [9.17, 15) is 9.59 Å². The van der Waals surface area contributed by atoms with Crippen LogP contribution in [-0.4, -0.2) is 35.0 Å². The van der Waals surface area contributed by atoms with Gasteiger partial charge in [0.05, 0.1) is 5.92 Å². The minimum atomic E-state index is -0.968. The second-order valence-electron chi connectivity index (χ2n) is 3.93. The summed E-state index contributed by atoms with van der Waals surface area (Å²) < 4.78 is 0. The molecule has 1 unspecified atom stereocenters. The molecule has 0 aliphatic rings. The number of carbonyl (C=O) groups excluding carboxylic acids is 1. The largest absolute Gasteiger partial charge is 0.480 e. The van der Waals surface area contributed by atoms with Crippen LogP contribution in [0.4, 0.5) is 0 Å². The molecule has 4 nitrogen and oxygen atoms in total. The molecule has 1 aromatic heterocycles. The van der Waals surface area contributed by atoms with Crippen LogP contribution in [0.15, 0.2) is 16.8 Å². The maximum Gasteiger partial charge on any atom is 0.323 e. The van der Waals surface area contributed by atoms with E-state index in [1.54, 1.807) is 0 Å². The van der Waals surface area contributed by atoms with E-state index >= 15 is 0 Å². The minimum Gasteiger partial charge on any atom is -0.480 e. The quantitative estimate of drug-likeness (QED) is 0.847. The molecule has 0 radical (unpaired) electrons. The number of hydrogen-bond acceptors (Lipinski definition) is 3. The van der Waals surface area contributed by atoms with Crippen LogP contribution < -0.4 is 0 Å². The first-order valence-corrected chi connectivity index (χ1v) is 6.53. The second kappa shape index (κ2) is 6.39. The zero-order valence-corrected chi connectivity index (χ0v) is 10.9. The lowest BCUT2D eigenvalue weighted by molar-refractivity contribution is -0.145. The molecule has 0 aliphatic carbocycles. The predicted octanol–water partition coefficient (Wildman–Crippen LogP) is 2.17. The summed E-state index contributed by atoms with van der Waals surface area (Å²) in [5.41, 5.74) is 0.950. The highest BCUT2D eigenvalue weighted by Gasteiger charge is 2.23. The van der Waals surface area contributed by atoms with Crippen molar-refractivity contribution in [2.24, 2.45) is 0 Å². The first-order chi connectivity index (χ1) is 8.06. The van der Waals surface area contributed by atoms with E-state index in [-0.39, 0.29) is 18.4 Å². The van der Waals surface area contributed by atoms with E-state index in [1.165, 1.54) is 16.2 Å². The van der Waals surface area contributed by atoms with Gasteiger partial charge in [-0.2, -0.15) is 11.3 Å². The van der Waals surface area contributed by atoms with Gasteiger partial charge in [-0.3, -0.25) is 9.59 Å². The number of rotatable bonds is 6. The van der Waals surface area contributed by atoms with Crippen LogP contribution in [0.2, 0.25) is 0 Å². The molecule has 1 aromatic rings. The second-order valence-corrected chi connectivity index (χ2v) is 4.71. The Balaban J connectivity index is 2.73. The molecule has 94 valence electrons. The summed E-state index contributed by atoms with van der Waals surface area (Å²) in [6, 6.07) is 1.90. The summed E-state index contributed by atoms with van der Waals surface area (Å²) in [5, 5.41) is 12.6. The Morgan fingerprint density at radius 2 is 2.24 bits per heavy atom. The number of hydrogen-bond donors (Lipinski definition) is 1. The minimum absolute atomic E-state index is 0.118. The van der Waals surface area contributed by atoms with E-state index in [2.05, 4.69) is 0 Å². The molecule has 0 saturated heterocycles. The van der Waals surface area contributed by atoms with E-state index in [1.807, 2.05) is 30.7 Å². The number of carboxylic acids is 1. The van der Waals surface area contributed by atoms with Crippen LogP contribution in [0.25, 0.3) is 0 Å². The van der Waals surface area contributed by atoms with Crippen LogP contribution in [0, 0.1) is 0 Å². The Labute approximate surface area is 105 Å². The summed E-state index contributed by atoms with van der Waals surface area (Å²) >= 11 is 1.54. The van der Waals surface area contributed by atoms with Crippen LogP contribution in [-0.2, 0) is 9.59 Å². The van der Waals surface area contributed by atoms with Crippen LogP contribution in [0.3, 0.4) is 0 Å². The summed E-state index contributed by atoms with van der Waals surface area (Å²) in [7, 11) is 0. The van der Waals surface area contributed by atoms with Crippen molar-refractivity contribution >= 4 is 23.2 Å². The highest BCUT2D eigenvalue weighted by atomic mass is 32.1. The lowest BCUT2D eigenvalue weighted by Gasteiger charge is -2.23. The third kappa shape index (κ3) is 3.85. The molecule has 0 spiro atoms. The van der Waals surface area contributed by atoms with E-state index in [0.717, 1.165) is 12.0 Å². The Hall–Kier alpha value is -1.36. The molecule has 0 bridgehead atoms. The average Bonchev–Trinajstić information content (AvgIpc) is 2.79. The summed E-state index contributed by atoms with van der Waals surface area (Å²) in [6.45, 7) is 4.01.